The van der Waals surface area contributed by atoms with Crippen LogP contribution in [-0.2, 0) is 12.5 Å². The maximum absolute atomic E-state index is 12.7. The van der Waals surface area contributed by atoms with Gasteiger partial charge in [0, 0.05) is 21.8 Å². The lowest BCUT2D eigenvalue weighted by molar-refractivity contribution is 0.0696. The van der Waals surface area contributed by atoms with E-state index in [0.717, 1.165) is 0 Å². The number of carbonyl (C=O) groups excluding carboxylic acids is 1. The summed E-state index contributed by atoms with van der Waals surface area (Å²) in [6, 6.07) is 17.3. The van der Waals surface area contributed by atoms with Gasteiger partial charge in [0.15, 0.2) is 18.3 Å². The fourth-order valence-corrected chi connectivity index (χ4v) is 2.68. The van der Waals surface area contributed by atoms with Crippen LogP contribution in [0.2, 0.25) is 10.0 Å². The molecule has 0 aliphatic heterocycles. The van der Waals surface area contributed by atoms with Gasteiger partial charge >= 0.3 is 5.97 Å². The van der Waals surface area contributed by atoms with Gasteiger partial charge in [-0.25, -0.2) is 10.3 Å². The maximum Gasteiger partial charge on any atom is 0.335 e. The number of halogens is 2. The summed E-state index contributed by atoms with van der Waals surface area (Å²) in [4.78, 5) is 29.1. The number of hydrogen-bond donors (Lipinski definition) is 3. The highest BCUT2D eigenvalue weighted by atomic mass is 35.5. The minimum atomic E-state index is -1.04. The smallest absolute Gasteiger partial charge is 0.335 e. The Morgan fingerprint density at radius 2 is 1.57 bits per heavy atom. The molecule has 0 fully saturated rings. The van der Waals surface area contributed by atoms with E-state index in [-0.39, 0.29) is 11.1 Å². The normalized spacial score (nSPS) is 9.67. The van der Waals surface area contributed by atoms with Gasteiger partial charge in [-0.3, -0.25) is 4.79 Å². The third kappa shape index (κ3) is 6.41. The van der Waals surface area contributed by atoms with E-state index in [1.807, 2.05) is 0 Å². The van der Waals surface area contributed by atoms with Gasteiger partial charge in [0.05, 0.1) is 16.8 Å². The molecule has 3 rings (SSSR count). The molecule has 0 radical (unpaired) electrons. The Balaban J connectivity index is 0.00000155. The van der Waals surface area contributed by atoms with Gasteiger partial charge < -0.3 is 15.3 Å². The number of aromatic carboxylic acids is 1. The van der Waals surface area contributed by atoms with Crippen molar-refractivity contribution in [2.24, 2.45) is 0 Å². The fraction of sp³-hybridized carbons (Fsp3) is 0. The number of anilines is 2. The number of rotatable bonds is 6. The van der Waals surface area contributed by atoms with Gasteiger partial charge in [0.25, 0.3) is 5.91 Å². The highest BCUT2D eigenvalue weighted by molar-refractivity contribution is 7.44. The van der Waals surface area contributed by atoms with E-state index < -0.39 is 11.9 Å². The predicted molar refractivity (Wildman–Crippen MR) is 117 cm³/mol. The van der Waals surface area contributed by atoms with Crippen molar-refractivity contribution in [3.63, 3.8) is 0 Å². The van der Waals surface area contributed by atoms with Crippen molar-refractivity contribution in [1.29, 1.82) is 0 Å². The molecule has 0 aromatic heterocycles. The monoisotopic (exact) mass is 464 g/mol. The van der Waals surface area contributed by atoms with E-state index in [1.165, 1.54) is 30.3 Å². The van der Waals surface area contributed by atoms with E-state index in [4.69, 9.17) is 37.4 Å². The van der Waals surface area contributed by atoms with Crippen LogP contribution in [0.15, 0.2) is 66.7 Å². The summed E-state index contributed by atoms with van der Waals surface area (Å²) < 4.78 is 7.83. The molecule has 7 nitrogen and oxygen atoms in total. The van der Waals surface area contributed by atoms with Crippen LogP contribution < -0.4 is 15.6 Å². The van der Waals surface area contributed by atoms with Crippen LogP contribution in [0.25, 0.3) is 0 Å². The first-order valence-electron chi connectivity index (χ1n) is 8.22. The zero-order valence-electron chi connectivity index (χ0n) is 15.1. The average molecular weight is 465 g/mol. The lowest BCUT2D eigenvalue weighted by Gasteiger charge is -2.13. The molecule has 0 heterocycles. The number of amides is 1. The summed E-state index contributed by atoms with van der Waals surface area (Å²) in [7, 11) is 0. The SMILES string of the molecule is O=C(O)c1ccc(NC(=O)c2cc(Cl)ccc2NOc2cccc(Cl)c2)cc1.O=S. The minimum absolute atomic E-state index is 0.123. The molecule has 154 valence electrons. The summed E-state index contributed by atoms with van der Waals surface area (Å²) >= 11 is 14.8. The van der Waals surface area contributed by atoms with E-state index in [9.17, 15) is 9.59 Å². The van der Waals surface area contributed by atoms with E-state index in [1.54, 1.807) is 36.4 Å². The Bertz CT molecular complexity index is 1050. The molecule has 0 saturated carbocycles. The number of carboxylic acid groups (broad SMARTS) is 1. The minimum Gasteiger partial charge on any atom is -0.478 e. The van der Waals surface area contributed by atoms with Crippen LogP contribution in [-0.4, -0.2) is 21.2 Å². The average Bonchev–Trinajstić information content (AvgIpc) is 2.74. The molecule has 30 heavy (non-hydrogen) atoms. The molecule has 3 aromatic carbocycles. The summed E-state index contributed by atoms with van der Waals surface area (Å²) in [5, 5.41) is 12.5. The fourth-order valence-electron chi connectivity index (χ4n) is 2.33. The first kappa shape index (κ1) is 23.1. The third-order valence-electron chi connectivity index (χ3n) is 3.69. The summed E-state index contributed by atoms with van der Waals surface area (Å²) in [5.41, 5.74) is 3.92. The van der Waals surface area contributed by atoms with Gasteiger partial charge in [-0.1, -0.05) is 29.3 Å². The van der Waals surface area contributed by atoms with Gasteiger partial charge in [0.1, 0.15) is 0 Å². The Kier molecular flexibility index (Phi) is 8.54. The second-order valence-electron chi connectivity index (χ2n) is 5.69. The molecular weight excluding hydrogens is 451 g/mol. The molecule has 0 spiro atoms. The molecule has 0 aliphatic carbocycles. The molecule has 1 amide bonds. The molecule has 0 bridgehead atoms. The van der Waals surface area contributed by atoms with Crippen LogP contribution in [0.5, 0.6) is 5.75 Å². The molecule has 3 aromatic rings. The number of carboxylic acids is 1. The second-order valence-corrected chi connectivity index (χ2v) is 6.56. The lowest BCUT2D eigenvalue weighted by atomic mass is 10.1. The van der Waals surface area contributed by atoms with E-state index in [2.05, 4.69) is 23.3 Å². The number of hydrogen-bond acceptors (Lipinski definition) is 6. The Hall–Kier alpha value is -3.20. The highest BCUT2D eigenvalue weighted by Gasteiger charge is 2.14. The molecule has 10 heteroatoms. The van der Waals surface area contributed by atoms with Crippen molar-refractivity contribution in [3.8, 4) is 5.75 Å². The van der Waals surface area contributed by atoms with Gasteiger partial charge in [-0.15, -0.1) is 0 Å². The number of carbonyl (C=O) groups is 2. The Morgan fingerprint density at radius 3 is 2.20 bits per heavy atom. The molecule has 0 aliphatic rings. The van der Waals surface area contributed by atoms with Gasteiger partial charge in [-0.05, 0) is 54.6 Å². The molecule has 0 unspecified atom stereocenters. The molecule has 0 atom stereocenters. The van der Waals surface area contributed by atoms with Crippen molar-refractivity contribution in [2.45, 2.75) is 0 Å². The third-order valence-corrected chi connectivity index (χ3v) is 4.16. The van der Waals surface area contributed by atoms with Crippen LogP contribution in [0.1, 0.15) is 20.7 Å². The number of benzene rings is 3. The van der Waals surface area contributed by atoms with Gasteiger partial charge in [-0.2, -0.15) is 4.21 Å². The predicted octanol–water partition coefficient (Wildman–Crippen LogP) is 5.01. The largest absolute Gasteiger partial charge is 0.478 e. The summed E-state index contributed by atoms with van der Waals surface area (Å²) in [5.74, 6) is -1.02. The molecular formula is C20H14Cl2N2O5S. The van der Waals surface area contributed by atoms with E-state index >= 15 is 0 Å². The van der Waals surface area contributed by atoms with Crippen LogP contribution in [0.4, 0.5) is 11.4 Å². The lowest BCUT2D eigenvalue weighted by Crippen LogP contribution is -2.16. The van der Waals surface area contributed by atoms with Crippen LogP contribution in [0, 0.1) is 0 Å². The van der Waals surface area contributed by atoms with Gasteiger partial charge in [0.2, 0.25) is 0 Å². The summed E-state index contributed by atoms with van der Waals surface area (Å²) in [6.45, 7) is 0. The molecule has 3 N–H and O–H groups in total. The van der Waals surface area contributed by atoms with Crippen molar-refractivity contribution in [2.75, 3.05) is 10.8 Å². The van der Waals surface area contributed by atoms with Crippen LogP contribution in [0.3, 0.4) is 0 Å². The quantitative estimate of drug-likeness (QED) is 0.440. The first-order chi connectivity index (χ1) is 14.4. The highest BCUT2D eigenvalue weighted by Crippen LogP contribution is 2.24. The maximum atomic E-state index is 12.7. The van der Waals surface area contributed by atoms with Crippen LogP contribution >= 0.6 is 23.2 Å². The Morgan fingerprint density at radius 1 is 0.900 bits per heavy atom. The molecule has 0 saturated heterocycles. The van der Waals surface area contributed by atoms with Crippen molar-refractivity contribution in [3.05, 3.63) is 87.9 Å². The zero-order chi connectivity index (χ0) is 22.1. The Labute approximate surface area is 187 Å². The standard InChI is InChI=1S/C20H14Cl2N2O4.OS/c21-13-2-1-3-16(10-13)28-24-18-9-6-14(22)11-17(18)19(25)23-15-7-4-12(5-8-15)20(26)27;1-2/h1-11,24H,(H,23,25)(H,26,27);. The first-order valence-corrected chi connectivity index (χ1v) is 9.30. The van der Waals surface area contributed by atoms with Crippen molar-refractivity contribution < 1.29 is 23.7 Å². The van der Waals surface area contributed by atoms with Crippen molar-refractivity contribution >= 4 is 59.0 Å². The zero-order valence-corrected chi connectivity index (χ0v) is 17.4. The second kappa shape index (κ2) is 11.1. The van der Waals surface area contributed by atoms with Crippen molar-refractivity contribution in [1.82, 2.24) is 0 Å². The summed E-state index contributed by atoms with van der Waals surface area (Å²) in [6.07, 6.45) is 0. The van der Waals surface area contributed by atoms with E-state index in [0.29, 0.717) is 27.2 Å². The number of nitrogens with one attached hydrogen (secondary N) is 2. The topological polar surface area (TPSA) is 105 Å².